The Balaban J connectivity index is 1.79. The first-order valence-electron chi connectivity index (χ1n) is 14.6. The average Bonchev–Trinajstić information content (AvgIpc) is 2.78. The van der Waals surface area contributed by atoms with E-state index < -0.39 is 34.4 Å². The Kier molecular flexibility index (Phi) is 9.90. The zero-order valence-corrected chi connectivity index (χ0v) is 30.4. The Bertz CT molecular complexity index is 1070. The fraction of sp³-hybridized carbons (Fsp3) is 0.767. The van der Waals surface area contributed by atoms with Gasteiger partial charge in [0.25, 0.3) is 0 Å². The third-order valence-electron chi connectivity index (χ3n) is 9.51. The Morgan fingerprint density at radius 3 is 2.23 bits per heavy atom. The predicted octanol–water partition coefficient (Wildman–Crippen LogP) is 6.58. The molecule has 2 aliphatic heterocycles. The van der Waals surface area contributed by atoms with Crippen molar-refractivity contribution < 1.29 is 23.5 Å². The summed E-state index contributed by atoms with van der Waals surface area (Å²) < 4.78 is 20.6. The van der Waals surface area contributed by atoms with Gasteiger partial charge < -0.3 is 23.6 Å². The van der Waals surface area contributed by atoms with Crippen LogP contribution in [-0.2, 0) is 13.6 Å². The molecule has 0 bridgehead atoms. The van der Waals surface area contributed by atoms with Crippen LogP contribution in [0.15, 0.2) is 22.7 Å². The highest BCUT2D eigenvalue weighted by Crippen LogP contribution is 2.44. The normalized spacial score (nSPS) is 23.6. The standard InChI is InChI=1S/C30H53BrN2O5Si2/c1-28(2,3)39(9,10)36-20-22(38-40(11,12)29(4,5)6)18-32-15-16-33(25(34)19-32)26-23-17-21(31)13-14-24(23)37-30(7,8)27(26)35/h13-14,17,22,26-27,35H,15-16,18-20H2,1-12H3/t22?,26-,27+/m1/s1. The Labute approximate surface area is 253 Å². The van der Waals surface area contributed by atoms with Gasteiger partial charge in [-0.1, -0.05) is 57.5 Å². The zero-order chi connectivity index (χ0) is 30.5. The van der Waals surface area contributed by atoms with Gasteiger partial charge in [-0.25, -0.2) is 0 Å². The van der Waals surface area contributed by atoms with Crippen molar-refractivity contribution in [1.29, 1.82) is 0 Å². The Morgan fingerprint density at radius 2 is 1.68 bits per heavy atom. The van der Waals surface area contributed by atoms with E-state index in [1.54, 1.807) is 0 Å². The first kappa shape index (κ1) is 33.7. The topological polar surface area (TPSA) is 71.5 Å². The highest BCUT2D eigenvalue weighted by molar-refractivity contribution is 9.10. The molecule has 0 radical (unpaired) electrons. The molecule has 7 nitrogen and oxygen atoms in total. The third-order valence-corrected chi connectivity index (χ3v) is 19.0. The first-order chi connectivity index (χ1) is 18.1. The van der Waals surface area contributed by atoms with Crippen molar-refractivity contribution in [3.63, 3.8) is 0 Å². The fourth-order valence-electron chi connectivity index (χ4n) is 4.78. The molecule has 1 aromatic rings. The molecule has 0 aliphatic carbocycles. The van der Waals surface area contributed by atoms with Gasteiger partial charge in [-0.2, -0.15) is 0 Å². The maximum absolute atomic E-state index is 13.7. The van der Waals surface area contributed by atoms with Gasteiger partial charge in [0.15, 0.2) is 16.6 Å². The van der Waals surface area contributed by atoms with Crippen molar-refractivity contribution in [1.82, 2.24) is 9.80 Å². The lowest BCUT2D eigenvalue weighted by Crippen LogP contribution is -2.60. The summed E-state index contributed by atoms with van der Waals surface area (Å²) in [6, 6.07) is 5.33. The van der Waals surface area contributed by atoms with E-state index in [0.717, 1.165) is 10.0 Å². The molecule has 0 saturated carbocycles. The number of ether oxygens (including phenoxy) is 1. The van der Waals surface area contributed by atoms with Gasteiger partial charge in [-0.3, -0.25) is 9.69 Å². The Hall–Kier alpha value is -0.756. The van der Waals surface area contributed by atoms with Crippen LogP contribution in [0.1, 0.15) is 67.0 Å². The highest BCUT2D eigenvalue weighted by Gasteiger charge is 2.48. The fourth-order valence-corrected chi connectivity index (χ4v) is 7.53. The maximum atomic E-state index is 13.7. The van der Waals surface area contributed by atoms with Crippen molar-refractivity contribution >= 4 is 38.5 Å². The summed E-state index contributed by atoms with van der Waals surface area (Å²) in [5, 5.41) is 11.5. The lowest BCUT2D eigenvalue weighted by molar-refractivity contribution is -0.151. The summed E-state index contributed by atoms with van der Waals surface area (Å²) in [6.45, 7) is 29.1. The molecular weight excluding hydrogens is 604 g/mol. The van der Waals surface area contributed by atoms with Crippen molar-refractivity contribution in [2.24, 2.45) is 0 Å². The van der Waals surface area contributed by atoms with E-state index in [1.807, 2.05) is 36.9 Å². The number of piperazine rings is 1. The number of nitrogens with zero attached hydrogens (tertiary/aromatic N) is 2. The molecule has 10 heteroatoms. The van der Waals surface area contributed by atoms with E-state index in [4.69, 9.17) is 13.6 Å². The van der Waals surface area contributed by atoms with Crippen molar-refractivity contribution in [2.45, 2.75) is 116 Å². The molecule has 1 aromatic carbocycles. The monoisotopic (exact) mass is 656 g/mol. The van der Waals surface area contributed by atoms with E-state index in [1.165, 1.54) is 0 Å². The molecule has 1 N–H and O–H groups in total. The molecule has 3 atom stereocenters. The molecule has 228 valence electrons. The largest absolute Gasteiger partial charge is 0.485 e. The summed E-state index contributed by atoms with van der Waals surface area (Å²) in [4.78, 5) is 17.7. The number of amides is 1. The molecule has 1 unspecified atom stereocenters. The van der Waals surface area contributed by atoms with Gasteiger partial charge in [0.1, 0.15) is 17.5 Å². The van der Waals surface area contributed by atoms with Crippen LogP contribution in [0.4, 0.5) is 0 Å². The van der Waals surface area contributed by atoms with E-state index in [2.05, 4.69) is 88.6 Å². The molecule has 40 heavy (non-hydrogen) atoms. The van der Waals surface area contributed by atoms with Gasteiger partial charge in [0.05, 0.1) is 25.3 Å². The lowest BCUT2D eigenvalue weighted by atomic mass is 9.85. The van der Waals surface area contributed by atoms with Crippen LogP contribution in [0, 0.1) is 0 Å². The molecule has 2 heterocycles. The van der Waals surface area contributed by atoms with E-state index in [0.29, 0.717) is 32.0 Å². The molecule has 1 fully saturated rings. The quantitative estimate of drug-likeness (QED) is 0.319. The minimum atomic E-state index is -2.06. The maximum Gasteiger partial charge on any atom is 0.237 e. The molecule has 0 spiro atoms. The third kappa shape index (κ3) is 7.41. The number of carbonyl (C=O) groups is 1. The number of hydrogen-bond acceptors (Lipinski definition) is 6. The van der Waals surface area contributed by atoms with E-state index in [-0.39, 0.29) is 28.6 Å². The van der Waals surface area contributed by atoms with Gasteiger partial charge in [0, 0.05) is 29.7 Å². The zero-order valence-electron chi connectivity index (χ0n) is 26.9. The molecule has 1 saturated heterocycles. The highest BCUT2D eigenvalue weighted by atomic mass is 79.9. The lowest BCUT2D eigenvalue weighted by Gasteiger charge is -2.48. The molecular formula is C30H53BrN2O5Si2. The molecule has 0 aromatic heterocycles. The number of aliphatic hydroxyl groups is 1. The number of aliphatic hydroxyl groups excluding tert-OH is 1. The molecule has 3 rings (SSSR count). The number of hydrogen-bond donors (Lipinski definition) is 1. The second-order valence-corrected chi connectivity index (χ2v) is 25.7. The van der Waals surface area contributed by atoms with E-state index >= 15 is 0 Å². The summed E-state index contributed by atoms with van der Waals surface area (Å²) >= 11 is 3.55. The minimum Gasteiger partial charge on any atom is -0.485 e. The molecule has 1 amide bonds. The van der Waals surface area contributed by atoms with Crippen molar-refractivity contribution in [2.75, 3.05) is 32.8 Å². The van der Waals surface area contributed by atoms with Crippen LogP contribution in [-0.4, -0.2) is 88.0 Å². The van der Waals surface area contributed by atoms with Gasteiger partial charge >= 0.3 is 0 Å². The number of benzene rings is 1. The van der Waals surface area contributed by atoms with Crippen LogP contribution in [0.5, 0.6) is 5.75 Å². The summed E-state index contributed by atoms with van der Waals surface area (Å²) in [7, 11) is -4.02. The van der Waals surface area contributed by atoms with Gasteiger partial charge in [-0.05, 0) is 68.3 Å². The van der Waals surface area contributed by atoms with E-state index in [9.17, 15) is 9.90 Å². The first-order valence-corrected chi connectivity index (χ1v) is 21.2. The average molecular weight is 658 g/mol. The van der Waals surface area contributed by atoms with Crippen molar-refractivity contribution in [3.05, 3.63) is 28.2 Å². The van der Waals surface area contributed by atoms with Gasteiger partial charge in [-0.15, -0.1) is 0 Å². The number of rotatable bonds is 8. The summed E-state index contributed by atoms with van der Waals surface area (Å²) in [5.41, 5.74) is 0.0245. The number of halogens is 1. The number of fused-ring (bicyclic) bond motifs is 1. The van der Waals surface area contributed by atoms with Crippen molar-refractivity contribution in [3.8, 4) is 5.75 Å². The minimum absolute atomic E-state index is 0.00955. The van der Waals surface area contributed by atoms with Crippen LogP contribution in [0.3, 0.4) is 0 Å². The summed E-state index contributed by atoms with van der Waals surface area (Å²) in [6.07, 6.45) is -0.962. The van der Waals surface area contributed by atoms with Gasteiger partial charge in [0.2, 0.25) is 5.91 Å². The van der Waals surface area contributed by atoms with Crippen LogP contribution in [0.25, 0.3) is 0 Å². The summed E-state index contributed by atoms with van der Waals surface area (Å²) in [5.74, 6) is 0.722. The van der Waals surface area contributed by atoms with Crippen LogP contribution >= 0.6 is 15.9 Å². The second kappa shape index (κ2) is 11.7. The predicted molar refractivity (Wildman–Crippen MR) is 171 cm³/mol. The number of carbonyl (C=O) groups excluding carboxylic acids is 1. The van der Waals surface area contributed by atoms with Crippen LogP contribution < -0.4 is 4.74 Å². The molecule has 2 aliphatic rings. The Morgan fingerprint density at radius 1 is 1.07 bits per heavy atom. The second-order valence-electron chi connectivity index (χ2n) is 15.2. The smallest absolute Gasteiger partial charge is 0.237 e. The van der Waals surface area contributed by atoms with Crippen LogP contribution in [0.2, 0.25) is 36.3 Å². The SMILES string of the molecule is CC1(C)Oc2ccc(Br)cc2[C@@H](N2CCN(CC(CO[Si](C)(C)C(C)(C)C)O[Si](C)(C)C(C)(C)C)CC2=O)[C@@H]1O.